The van der Waals surface area contributed by atoms with Gasteiger partial charge in [-0.05, 0) is 11.6 Å². The van der Waals surface area contributed by atoms with Gasteiger partial charge in [-0.1, -0.05) is 35.9 Å². The first-order valence-electron chi connectivity index (χ1n) is 9.19. The summed E-state index contributed by atoms with van der Waals surface area (Å²) in [6.07, 6.45) is 1.59. The van der Waals surface area contributed by atoms with Crippen LogP contribution in [0.2, 0.25) is 5.02 Å². The van der Waals surface area contributed by atoms with E-state index in [0.29, 0.717) is 35.0 Å². The topological polar surface area (TPSA) is 91.0 Å². The van der Waals surface area contributed by atoms with Crippen molar-refractivity contribution in [2.45, 2.75) is 6.04 Å². The van der Waals surface area contributed by atoms with Crippen molar-refractivity contribution in [1.82, 2.24) is 20.4 Å². The number of carbonyl (C=O) groups is 3. The highest BCUT2D eigenvalue weighted by Crippen LogP contribution is 2.38. The SMILES string of the molecule is C=CCN1C(=O)N[C@@H](c2ccccc2Cl)C2=C1CN(CC(=O)NCCOC)C2=O. The second kappa shape index (κ2) is 9.11. The summed E-state index contributed by atoms with van der Waals surface area (Å²) in [6.45, 7) is 4.72. The van der Waals surface area contributed by atoms with Crippen LogP contribution in [0.25, 0.3) is 0 Å². The Morgan fingerprint density at radius 1 is 1.41 bits per heavy atom. The molecule has 0 saturated heterocycles. The van der Waals surface area contributed by atoms with Crippen LogP contribution in [0.4, 0.5) is 4.79 Å². The van der Waals surface area contributed by atoms with Gasteiger partial charge in [0.2, 0.25) is 5.91 Å². The van der Waals surface area contributed by atoms with E-state index in [1.165, 1.54) is 9.80 Å². The van der Waals surface area contributed by atoms with Crippen molar-refractivity contribution in [3.63, 3.8) is 0 Å². The molecule has 1 atom stereocenters. The second-order valence-corrected chi connectivity index (χ2v) is 7.07. The van der Waals surface area contributed by atoms with Crippen molar-refractivity contribution in [3.05, 3.63) is 58.8 Å². The zero-order valence-electron chi connectivity index (χ0n) is 16.1. The molecule has 0 unspecified atom stereocenters. The van der Waals surface area contributed by atoms with Gasteiger partial charge in [-0.3, -0.25) is 14.5 Å². The summed E-state index contributed by atoms with van der Waals surface area (Å²) in [5, 5.41) is 6.01. The van der Waals surface area contributed by atoms with Crippen molar-refractivity contribution in [2.75, 3.05) is 39.9 Å². The Labute approximate surface area is 174 Å². The Hall–Kier alpha value is -2.84. The number of hydrogen-bond donors (Lipinski definition) is 2. The molecule has 2 heterocycles. The molecule has 2 aliphatic heterocycles. The average molecular weight is 419 g/mol. The van der Waals surface area contributed by atoms with E-state index in [-0.39, 0.29) is 37.5 Å². The molecular weight excluding hydrogens is 396 g/mol. The van der Waals surface area contributed by atoms with Gasteiger partial charge in [-0.15, -0.1) is 6.58 Å². The zero-order chi connectivity index (χ0) is 21.0. The van der Waals surface area contributed by atoms with E-state index in [9.17, 15) is 14.4 Å². The minimum absolute atomic E-state index is 0.110. The lowest BCUT2D eigenvalue weighted by atomic mass is 9.95. The van der Waals surface area contributed by atoms with Crippen molar-refractivity contribution < 1.29 is 19.1 Å². The summed E-state index contributed by atoms with van der Waals surface area (Å²) in [5.74, 6) is -0.597. The molecule has 2 aliphatic rings. The molecule has 1 aromatic carbocycles. The number of ether oxygens (including phenoxy) is 1. The van der Waals surface area contributed by atoms with Gasteiger partial charge in [0.05, 0.1) is 30.5 Å². The first kappa shape index (κ1) is 20.9. The maximum atomic E-state index is 13.2. The van der Waals surface area contributed by atoms with Gasteiger partial charge in [-0.25, -0.2) is 4.79 Å². The van der Waals surface area contributed by atoms with E-state index in [2.05, 4.69) is 17.2 Å². The number of urea groups is 1. The third-order valence-corrected chi connectivity index (χ3v) is 5.13. The Balaban J connectivity index is 1.89. The summed E-state index contributed by atoms with van der Waals surface area (Å²) in [7, 11) is 1.54. The molecule has 8 nitrogen and oxygen atoms in total. The molecule has 0 bridgehead atoms. The normalized spacial score (nSPS) is 18.6. The Morgan fingerprint density at radius 3 is 2.86 bits per heavy atom. The molecule has 0 radical (unpaired) electrons. The minimum atomic E-state index is -0.679. The van der Waals surface area contributed by atoms with E-state index in [4.69, 9.17) is 16.3 Å². The van der Waals surface area contributed by atoms with E-state index in [1.807, 2.05) is 0 Å². The fourth-order valence-corrected chi connectivity index (χ4v) is 3.71. The number of benzene rings is 1. The number of amides is 4. The van der Waals surface area contributed by atoms with Crippen molar-refractivity contribution in [1.29, 1.82) is 0 Å². The van der Waals surface area contributed by atoms with Crippen LogP contribution in [0.3, 0.4) is 0 Å². The monoisotopic (exact) mass is 418 g/mol. The molecule has 154 valence electrons. The zero-order valence-corrected chi connectivity index (χ0v) is 16.9. The van der Waals surface area contributed by atoms with Crippen LogP contribution >= 0.6 is 11.6 Å². The van der Waals surface area contributed by atoms with Gasteiger partial charge < -0.3 is 20.3 Å². The van der Waals surface area contributed by atoms with Crippen LogP contribution in [0.15, 0.2) is 48.2 Å². The highest BCUT2D eigenvalue weighted by Gasteiger charge is 2.44. The molecule has 0 spiro atoms. The van der Waals surface area contributed by atoms with E-state index in [0.717, 1.165) is 0 Å². The predicted molar refractivity (Wildman–Crippen MR) is 108 cm³/mol. The number of nitrogens with one attached hydrogen (secondary N) is 2. The van der Waals surface area contributed by atoms with Crippen LogP contribution in [0, 0.1) is 0 Å². The molecule has 9 heteroatoms. The number of methoxy groups -OCH3 is 1. The molecule has 0 aliphatic carbocycles. The number of nitrogens with zero attached hydrogens (tertiary/aromatic N) is 2. The van der Waals surface area contributed by atoms with Gasteiger partial charge in [0, 0.05) is 25.2 Å². The van der Waals surface area contributed by atoms with Crippen LogP contribution < -0.4 is 10.6 Å². The molecule has 3 rings (SSSR count). The van der Waals surface area contributed by atoms with Gasteiger partial charge in [0.15, 0.2) is 0 Å². The maximum absolute atomic E-state index is 13.2. The number of rotatable bonds is 8. The first-order chi connectivity index (χ1) is 14.0. The van der Waals surface area contributed by atoms with Gasteiger partial charge in [0.25, 0.3) is 5.91 Å². The lowest BCUT2D eigenvalue weighted by molar-refractivity contribution is -0.132. The Bertz CT molecular complexity index is 870. The summed E-state index contributed by atoms with van der Waals surface area (Å²) in [6, 6.07) is 6.04. The Morgan fingerprint density at radius 2 is 2.17 bits per heavy atom. The molecular formula is C20H23ClN4O4. The highest BCUT2D eigenvalue weighted by atomic mass is 35.5. The average Bonchev–Trinajstić information content (AvgIpc) is 3.01. The second-order valence-electron chi connectivity index (χ2n) is 6.67. The smallest absolute Gasteiger partial charge is 0.322 e. The summed E-state index contributed by atoms with van der Waals surface area (Å²) in [5.41, 5.74) is 1.62. The number of halogens is 1. The third-order valence-electron chi connectivity index (χ3n) is 4.79. The predicted octanol–water partition coefficient (Wildman–Crippen LogP) is 1.45. The van der Waals surface area contributed by atoms with Crippen molar-refractivity contribution in [2.24, 2.45) is 0 Å². The Kier molecular flexibility index (Phi) is 6.56. The van der Waals surface area contributed by atoms with Crippen LogP contribution in [-0.4, -0.2) is 67.5 Å². The van der Waals surface area contributed by atoms with Crippen molar-refractivity contribution >= 4 is 29.4 Å². The van der Waals surface area contributed by atoms with Gasteiger partial charge >= 0.3 is 6.03 Å². The lowest BCUT2D eigenvalue weighted by Gasteiger charge is -2.33. The lowest BCUT2D eigenvalue weighted by Crippen LogP contribution is -2.47. The number of carbonyl (C=O) groups excluding carboxylic acids is 3. The minimum Gasteiger partial charge on any atom is -0.383 e. The standard InChI is InChI=1S/C20H23ClN4O4/c1-3-9-25-15-11-24(12-16(26)22-8-10-29-2)19(27)17(15)18(23-20(25)28)13-6-4-5-7-14(13)21/h3-7,18H,1,8-12H2,2H3,(H,22,26)(H,23,28)/t18-/m0/s1. The molecule has 0 aromatic heterocycles. The molecule has 1 aromatic rings. The maximum Gasteiger partial charge on any atom is 0.322 e. The van der Waals surface area contributed by atoms with Crippen LogP contribution in [-0.2, 0) is 14.3 Å². The van der Waals surface area contributed by atoms with Crippen LogP contribution in [0.5, 0.6) is 0 Å². The van der Waals surface area contributed by atoms with E-state index >= 15 is 0 Å². The summed E-state index contributed by atoms with van der Waals surface area (Å²) >= 11 is 6.33. The van der Waals surface area contributed by atoms with Gasteiger partial charge in [0.1, 0.15) is 6.54 Å². The fourth-order valence-electron chi connectivity index (χ4n) is 3.46. The molecule has 0 saturated carbocycles. The first-order valence-corrected chi connectivity index (χ1v) is 9.57. The molecule has 2 N–H and O–H groups in total. The summed E-state index contributed by atoms with van der Waals surface area (Å²) < 4.78 is 4.91. The molecule has 0 fully saturated rings. The highest BCUT2D eigenvalue weighted by molar-refractivity contribution is 6.31. The fraction of sp³-hybridized carbons (Fsp3) is 0.350. The largest absolute Gasteiger partial charge is 0.383 e. The molecule has 29 heavy (non-hydrogen) atoms. The summed E-state index contributed by atoms with van der Waals surface area (Å²) in [4.78, 5) is 41.0. The third kappa shape index (κ3) is 4.28. The van der Waals surface area contributed by atoms with E-state index in [1.54, 1.807) is 37.5 Å². The quantitative estimate of drug-likeness (QED) is 0.494. The van der Waals surface area contributed by atoms with E-state index < -0.39 is 6.04 Å². The van der Waals surface area contributed by atoms with Crippen LogP contribution in [0.1, 0.15) is 11.6 Å². The van der Waals surface area contributed by atoms with Crippen molar-refractivity contribution in [3.8, 4) is 0 Å². The van der Waals surface area contributed by atoms with Gasteiger partial charge in [-0.2, -0.15) is 0 Å². The number of hydrogen-bond acceptors (Lipinski definition) is 4. The molecule has 4 amide bonds.